The number of ether oxygens (including phenoxy) is 1. The third-order valence-electron chi connectivity index (χ3n) is 1.71. The molecule has 7 heteroatoms. The van der Waals surface area contributed by atoms with E-state index in [1.807, 2.05) is 0 Å². The normalized spacial score (nSPS) is 10.3. The van der Waals surface area contributed by atoms with Crippen LogP contribution < -0.4 is 10.2 Å². The van der Waals surface area contributed by atoms with E-state index < -0.39 is 24.2 Å². The first-order valence-electron chi connectivity index (χ1n) is 4.15. The first kappa shape index (κ1) is 12.4. The van der Waals surface area contributed by atoms with Crippen LogP contribution in [0.25, 0.3) is 0 Å². The first-order chi connectivity index (χ1) is 6.99. The highest BCUT2D eigenvalue weighted by atomic mass is 79.9. The van der Waals surface area contributed by atoms with Crippen molar-refractivity contribution in [1.82, 2.24) is 0 Å². The molecule has 1 aromatic rings. The molecule has 0 radical (unpaired) electrons. The largest absolute Gasteiger partial charge is 0.494 e. The number of benzene rings is 1. The molecule has 0 aliphatic heterocycles. The van der Waals surface area contributed by atoms with Crippen LogP contribution in [-0.4, -0.2) is 23.8 Å². The Balaban J connectivity index is 3.35. The average molecular weight is 281 g/mol. The smallest absolute Gasteiger partial charge is 0.491 e. The lowest BCUT2D eigenvalue weighted by Gasteiger charge is -2.10. The van der Waals surface area contributed by atoms with E-state index in [1.54, 1.807) is 6.92 Å². The van der Waals surface area contributed by atoms with Gasteiger partial charge in [0.25, 0.3) is 0 Å². The minimum absolute atomic E-state index is 0.0875. The van der Waals surface area contributed by atoms with Crippen LogP contribution in [0.5, 0.6) is 5.75 Å². The van der Waals surface area contributed by atoms with Gasteiger partial charge in [-0.05, 0) is 22.9 Å². The van der Waals surface area contributed by atoms with Crippen molar-refractivity contribution < 1.29 is 23.6 Å². The summed E-state index contributed by atoms with van der Waals surface area (Å²) < 4.78 is 31.5. The van der Waals surface area contributed by atoms with Gasteiger partial charge in [0.15, 0.2) is 11.6 Å². The Kier molecular flexibility index (Phi) is 4.07. The summed E-state index contributed by atoms with van der Waals surface area (Å²) in [5.74, 6) is -2.38. The third-order valence-corrected chi connectivity index (χ3v) is 2.29. The maximum absolute atomic E-state index is 13.4. The molecule has 0 saturated heterocycles. The van der Waals surface area contributed by atoms with Gasteiger partial charge in [-0.15, -0.1) is 0 Å². The molecule has 0 heterocycles. The topological polar surface area (TPSA) is 49.7 Å². The zero-order chi connectivity index (χ0) is 11.6. The van der Waals surface area contributed by atoms with E-state index in [1.165, 1.54) is 0 Å². The average Bonchev–Trinajstić information content (AvgIpc) is 2.14. The summed E-state index contributed by atoms with van der Waals surface area (Å²) in [5.41, 5.74) is -0.826. The molecule has 82 valence electrons. The molecule has 3 nitrogen and oxygen atoms in total. The van der Waals surface area contributed by atoms with Crippen LogP contribution in [0.15, 0.2) is 10.5 Å². The second-order valence-electron chi connectivity index (χ2n) is 2.70. The molecule has 0 spiro atoms. The first-order valence-corrected chi connectivity index (χ1v) is 4.94. The van der Waals surface area contributed by atoms with E-state index in [0.29, 0.717) is 0 Å². The van der Waals surface area contributed by atoms with Crippen LogP contribution >= 0.6 is 15.9 Å². The Labute approximate surface area is 94.0 Å². The van der Waals surface area contributed by atoms with Gasteiger partial charge in [0.1, 0.15) is 5.82 Å². The summed E-state index contributed by atoms with van der Waals surface area (Å²) in [5, 5.41) is 17.6. The van der Waals surface area contributed by atoms with Gasteiger partial charge in [0.2, 0.25) is 0 Å². The minimum atomic E-state index is -2.22. The maximum atomic E-state index is 13.4. The molecule has 0 fully saturated rings. The maximum Gasteiger partial charge on any atom is 0.494 e. The quantitative estimate of drug-likeness (QED) is 0.636. The molecule has 15 heavy (non-hydrogen) atoms. The van der Waals surface area contributed by atoms with Crippen molar-refractivity contribution in [2.75, 3.05) is 6.61 Å². The second-order valence-corrected chi connectivity index (χ2v) is 3.56. The van der Waals surface area contributed by atoms with Crippen LogP contribution in [0.3, 0.4) is 0 Å². The van der Waals surface area contributed by atoms with Crippen LogP contribution in [0.1, 0.15) is 6.92 Å². The fraction of sp³-hybridized carbons (Fsp3) is 0.250. The molecule has 0 aliphatic carbocycles. The summed E-state index contributed by atoms with van der Waals surface area (Å²) in [6.07, 6.45) is 0. The molecule has 2 N–H and O–H groups in total. The van der Waals surface area contributed by atoms with Crippen molar-refractivity contribution in [1.29, 1.82) is 0 Å². The molecular formula is C8H8BBrF2O3. The third kappa shape index (κ3) is 2.47. The summed E-state index contributed by atoms with van der Waals surface area (Å²) in [7, 11) is -2.22. The van der Waals surface area contributed by atoms with Crippen LogP contribution in [0.2, 0.25) is 0 Å². The lowest BCUT2D eigenvalue weighted by Crippen LogP contribution is -2.36. The Morgan fingerprint density at radius 2 is 2.00 bits per heavy atom. The van der Waals surface area contributed by atoms with Crippen LogP contribution in [-0.2, 0) is 0 Å². The fourth-order valence-electron chi connectivity index (χ4n) is 1.09. The van der Waals surface area contributed by atoms with Gasteiger partial charge < -0.3 is 14.8 Å². The summed E-state index contributed by atoms with van der Waals surface area (Å²) >= 11 is 2.83. The highest BCUT2D eigenvalue weighted by Gasteiger charge is 2.27. The van der Waals surface area contributed by atoms with Gasteiger partial charge in [-0.1, -0.05) is 0 Å². The molecule has 0 aromatic heterocycles. The van der Waals surface area contributed by atoms with Crippen molar-refractivity contribution in [2.45, 2.75) is 6.92 Å². The molecule has 0 unspecified atom stereocenters. The van der Waals surface area contributed by atoms with Gasteiger partial charge >= 0.3 is 7.12 Å². The van der Waals surface area contributed by atoms with E-state index >= 15 is 0 Å². The number of hydrogen-bond donors (Lipinski definition) is 2. The zero-order valence-electron chi connectivity index (χ0n) is 7.80. The van der Waals surface area contributed by atoms with E-state index in [-0.39, 0.29) is 16.8 Å². The predicted octanol–water partition coefficient (Wildman–Crippen LogP) is 0.806. The number of hydrogen-bond acceptors (Lipinski definition) is 3. The van der Waals surface area contributed by atoms with Crippen molar-refractivity contribution >= 4 is 28.5 Å². The molecular weight excluding hydrogens is 273 g/mol. The van der Waals surface area contributed by atoms with E-state index in [9.17, 15) is 8.78 Å². The fourth-order valence-corrected chi connectivity index (χ4v) is 1.51. The summed E-state index contributed by atoms with van der Waals surface area (Å²) in [4.78, 5) is 0. The molecule has 0 bridgehead atoms. The number of halogens is 3. The monoisotopic (exact) mass is 280 g/mol. The Morgan fingerprint density at radius 3 is 2.47 bits per heavy atom. The molecule has 1 rings (SSSR count). The van der Waals surface area contributed by atoms with Crippen molar-refractivity contribution in [3.8, 4) is 5.75 Å². The lowest BCUT2D eigenvalue weighted by atomic mass is 9.79. The highest BCUT2D eigenvalue weighted by Crippen LogP contribution is 2.24. The Hall–Kier alpha value is -0.655. The van der Waals surface area contributed by atoms with E-state index in [4.69, 9.17) is 14.8 Å². The molecule has 0 amide bonds. The molecule has 0 aliphatic rings. The van der Waals surface area contributed by atoms with Crippen LogP contribution in [0, 0.1) is 11.6 Å². The summed E-state index contributed by atoms with van der Waals surface area (Å²) in [6, 6.07) is 1.10. The van der Waals surface area contributed by atoms with Gasteiger partial charge in [-0.3, -0.25) is 0 Å². The van der Waals surface area contributed by atoms with Gasteiger partial charge in [0.05, 0.1) is 16.5 Å². The summed E-state index contributed by atoms with van der Waals surface area (Å²) in [6.45, 7) is 1.82. The van der Waals surface area contributed by atoms with Crippen molar-refractivity contribution in [3.63, 3.8) is 0 Å². The van der Waals surface area contributed by atoms with Gasteiger partial charge in [-0.2, -0.15) is 0 Å². The van der Waals surface area contributed by atoms with Crippen LogP contribution in [0.4, 0.5) is 8.78 Å². The van der Waals surface area contributed by atoms with Gasteiger partial charge in [0, 0.05) is 6.07 Å². The lowest BCUT2D eigenvalue weighted by molar-refractivity contribution is 0.320. The number of rotatable bonds is 3. The SMILES string of the molecule is CCOc1cc(Br)c(F)c(B(O)O)c1F. The molecule has 1 aromatic carbocycles. The van der Waals surface area contributed by atoms with E-state index in [2.05, 4.69) is 15.9 Å². The molecule has 0 atom stereocenters. The van der Waals surface area contributed by atoms with Crippen molar-refractivity contribution in [3.05, 3.63) is 22.2 Å². The minimum Gasteiger partial charge on any atom is -0.491 e. The zero-order valence-corrected chi connectivity index (χ0v) is 9.38. The Bertz CT molecular complexity index is 373. The predicted molar refractivity (Wildman–Crippen MR) is 55.1 cm³/mol. The standard InChI is InChI=1S/C8H8BBrF2O3/c1-2-15-5-3-4(10)7(11)6(8(5)12)9(13)14/h3,13-14H,2H2,1H3. The van der Waals surface area contributed by atoms with Gasteiger partial charge in [-0.25, -0.2) is 8.78 Å². The molecule has 0 saturated carbocycles. The second kappa shape index (κ2) is 4.91. The van der Waals surface area contributed by atoms with Crippen molar-refractivity contribution in [2.24, 2.45) is 0 Å². The highest BCUT2D eigenvalue weighted by molar-refractivity contribution is 9.10. The Morgan fingerprint density at radius 1 is 1.40 bits per heavy atom. The van der Waals surface area contributed by atoms with E-state index in [0.717, 1.165) is 6.07 Å².